The van der Waals surface area contributed by atoms with E-state index in [4.69, 9.17) is 0 Å². The highest BCUT2D eigenvalue weighted by Gasteiger charge is 2.23. The van der Waals surface area contributed by atoms with Gasteiger partial charge in [0.05, 0.1) is 0 Å². The first-order valence-electron chi connectivity index (χ1n) is 7.55. The Hall–Kier alpha value is -0.470. The number of thioether (sulfide) groups is 1. The maximum atomic E-state index is 3.81. The minimum atomic E-state index is 0.451. The molecular weight excluding hydrogens is 250 g/mol. The second kappa shape index (κ2) is 6.81. The average molecular weight is 277 g/mol. The molecule has 106 valence electrons. The van der Waals surface area contributed by atoms with Gasteiger partial charge in [0.2, 0.25) is 0 Å². The summed E-state index contributed by atoms with van der Waals surface area (Å²) in [6.45, 7) is 9.14. The third-order valence-electron chi connectivity index (χ3n) is 4.17. The van der Waals surface area contributed by atoms with E-state index >= 15 is 0 Å². The smallest absolute Gasteiger partial charge is 0.0294 e. The lowest BCUT2D eigenvalue weighted by atomic mass is 9.98. The summed E-state index contributed by atoms with van der Waals surface area (Å²) in [5, 5.41) is 4.55. The van der Waals surface area contributed by atoms with Gasteiger partial charge in [0.1, 0.15) is 0 Å². The number of benzene rings is 1. The predicted octanol–water partition coefficient (Wildman–Crippen LogP) is 4.74. The molecule has 1 heterocycles. The Morgan fingerprint density at radius 1 is 1.11 bits per heavy atom. The van der Waals surface area contributed by atoms with E-state index in [1.807, 2.05) is 0 Å². The maximum absolute atomic E-state index is 3.81. The predicted molar refractivity (Wildman–Crippen MR) is 87.0 cm³/mol. The topological polar surface area (TPSA) is 12.0 Å². The molecule has 2 rings (SSSR count). The van der Waals surface area contributed by atoms with Gasteiger partial charge in [-0.1, -0.05) is 45.0 Å². The Labute approximate surface area is 122 Å². The molecule has 1 nitrogen and oxygen atoms in total. The first-order chi connectivity index (χ1) is 9.08. The van der Waals surface area contributed by atoms with Gasteiger partial charge < -0.3 is 5.32 Å². The zero-order valence-corrected chi connectivity index (χ0v) is 13.5. The molecule has 3 unspecified atom stereocenters. The largest absolute Gasteiger partial charge is 0.306 e. The van der Waals surface area contributed by atoms with E-state index in [0.29, 0.717) is 18.0 Å². The summed E-state index contributed by atoms with van der Waals surface area (Å²) in [5.74, 6) is 1.95. The fourth-order valence-corrected chi connectivity index (χ4v) is 3.88. The Bertz CT molecular complexity index is 385. The first kappa shape index (κ1) is 14.9. The first-order valence-corrected chi connectivity index (χ1v) is 8.60. The van der Waals surface area contributed by atoms with Crippen molar-refractivity contribution >= 4 is 11.8 Å². The van der Waals surface area contributed by atoms with E-state index in [9.17, 15) is 0 Å². The molecule has 3 atom stereocenters. The van der Waals surface area contributed by atoms with Crippen molar-refractivity contribution in [3.05, 3.63) is 35.4 Å². The van der Waals surface area contributed by atoms with Gasteiger partial charge >= 0.3 is 0 Å². The Morgan fingerprint density at radius 2 is 1.74 bits per heavy atom. The zero-order valence-electron chi connectivity index (χ0n) is 12.6. The molecule has 1 aromatic rings. The van der Waals surface area contributed by atoms with Crippen molar-refractivity contribution in [2.45, 2.75) is 63.8 Å². The molecule has 0 saturated carbocycles. The van der Waals surface area contributed by atoms with Crippen LogP contribution in [0.2, 0.25) is 0 Å². The summed E-state index contributed by atoms with van der Waals surface area (Å²) in [7, 11) is 0. The van der Waals surface area contributed by atoms with Crippen molar-refractivity contribution in [1.82, 2.24) is 5.32 Å². The van der Waals surface area contributed by atoms with E-state index < -0.39 is 0 Å². The molecule has 1 saturated heterocycles. The van der Waals surface area contributed by atoms with E-state index in [0.717, 1.165) is 5.25 Å². The molecule has 0 amide bonds. The molecule has 0 radical (unpaired) electrons. The van der Waals surface area contributed by atoms with E-state index in [1.165, 1.54) is 29.7 Å². The van der Waals surface area contributed by atoms with Crippen molar-refractivity contribution < 1.29 is 0 Å². The van der Waals surface area contributed by atoms with Crippen LogP contribution in [0.5, 0.6) is 0 Å². The molecule has 1 fully saturated rings. The van der Waals surface area contributed by atoms with Gasteiger partial charge in [-0.2, -0.15) is 11.8 Å². The van der Waals surface area contributed by atoms with Gasteiger partial charge in [-0.15, -0.1) is 0 Å². The van der Waals surface area contributed by atoms with Gasteiger partial charge in [0.25, 0.3) is 0 Å². The van der Waals surface area contributed by atoms with Gasteiger partial charge in [-0.05, 0) is 42.6 Å². The average Bonchev–Trinajstić information content (AvgIpc) is 2.41. The molecule has 0 aliphatic carbocycles. The molecule has 1 aliphatic rings. The molecule has 0 aromatic heterocycles. The zero-order chi connectivity index (χ0) is 13.8. The Morgan fingerprint density at radius 3 is 2.32 bits per heavy atom. The van der Waals surface area contributed by atoms with Crippen molar-refractivity contribution in [2.75, 3.05) is 5.75 Å². The Balaban J connectivity index is 1.97. The third kappa shape index (κ3) is 4.00. The van der Waals surface area contributed by atoms with E-state index in [1.54, 1.807) is 0 Å². The number of rotatable bonds is 4. The maximum Gasteiger partial charge on any atom is 0.0294 e. The van der Waals surface area contributed by atoms with Crippen LogP contribution in [0.1, 0.15) is 63.6 Å². The molecule has 0 bridgehead atoms. The summed E-state index contributed by atoms with van der Waals surface area (Å²) in [4.78, 5) is 0. The van der Waals surface area contributed by atoms with Crippen molar-refractivity contribution in [1.29, 1.82) is 0 Å². The number of nitrogens with one attached hydrogen (secondary N) is 1. The van der Waals surface area contributed by atoms with Crippen LogP contribution in [0.15, 0.2) is 24.3 Å². The quantitative estimate of drug-likeness (QED) is 0.852. The fourth-order valence-electron chi connectivity index (χ4n) is 2.73. The summed E-state index contributed by atoms with van der Waals surface area (Å²) in [6.07, 6.45) is 2.67. The molecule has 1 aromatic carbocycles. The minimum Gasteiger partial charge on any atom is -0.306 e. The highest BCUT2D eigenvalue weighted by atomic mass is 32.2. The van der Waals surface area contributed by atoms with Gasteiger partial charge in [0, 0.05) is 17.3 Å². The standard InChI is InChI=1S/C17H27NS/c1-12(2)15-7-9-16(10-8-15)13(3)18-17-6-5-11-19-14(17)4/h7-10,12-14,17-18H,5-6,11H2,1-4H3. The van der Waals surface area contributed by atoms with Crippen LogP contribution in [0, 0.1) is 0 Å². The fraction of sp³-hybridized carbons (Fsp3) is 0.647. The summed E-state index contributed by atoms with van der Waals surface area (Å²) >= 11 is 2.11. The third-order valence-corrected chi connectivity index (χ3v) is 5.55. The van der Waals surface area contributed by atoms with E-state index in [-0.39, 0.29) is 0 Å². The second-order valence-electron chi connectivity index (χ2n) is 6.03. The van der Waals surface area contributed by atoms with Gasteiger partial charge in [0.15, 0.2) is 0 Å². The minimum absolute atomic E-state index is 0.451. The van der Waals surface area contributed by atoms with Crippen LogP contribution < -0.4 is 5.32 Å². The lowest BCUT2D eigenvalue weighted by Crippen LogP contribution is -2.40. The molecule has 0 spiro atoms. The summed E-state index contributed by atoms with van der Waals surface area (Å²) in [5.41, 5.74) is 2.84. The number of hydrogen-bond donors (Lipinski definition) is 1. The molecule has 19 heavy (non-hydrogen) atoms. The SMILES string of the molecule is CC(C)c1ccc(C(C)NC2CCCSC2C)cc1. The van der Waals surface area contributed by atoms with Gasteiger partial charge in [-0.3, -0.25) is 0 Å². The highest BCUT2D eigenvalue weighted by Crippen LogP contribution is 2.27. The molecular formula is C17H27NS. The lowest BCUT2D eigenvalue weighted by Gasteiger charge is -2.32. The van der Waals surface area contributed by atoms with Crippen molar-refractivity contribution in [3.8, 4) is 0 Å². The Kier molecular flexibility index (Phi) is 5.35. The van der Waals surface area contributed by atoms with Crippen LogP contribution in [0.4, 0.5) is 0 Å². The monoisotopic (exact) mass is 277 g/mol. The molecule has 1 N–H and O–H groups in total. The van der Waals surface area contributed by atoms with Crippen LogP contribution >= 0.6 is 11.8 Å². The van der Waals surface area contributed by atoms with Crippen LogP contribution in [0.3, 0.4) is 0 Å². The van der Waals surface area contributed by atoms with Crippen LogP contribution in [-0.2, 0) is 0 Å². The highest BCUT2D eigenvalue weighted by molar-refractivity contribution is 7.99. The van der Waals surface area contributed by atoms with Crippen molar-refractivity contribution in [3.63, 3.8) is 0 Å². The lowest BCUT2D eigenvalue weighted by molar-refractivity contribution is 0.417. The van der Waals surface area contributed by atoms with Gasteiger partial charge in [-0.25, -0.2) is 0 Å². The normalized spacial score (nSPS) is 25.5. The molecule has 2 heteroatoms. The van der Waals surface area contributed by atoms with E-state index in [2.05, 4.69) is 69.0 Å². The summed E-state index contributed by atoms with van der Waals surface area (Å²) in [6, 6.07) is 10.2. The van der Waals surface area contributed by atoms with Crippen LogP contribution in [-0.4, -0.2) is 17.0 Å². The summed E-state index contributed by atoms with van der Waals surface area (Å²) < 4.78 is 0. The second-order valence-corrected chi connectivity index (χ2v) is 7.52. The van der Waals surface area contributed by atoms with Crippen LogP contribution in [0.25, 0.3) is 0 Å². The molecule has 1 aliphatic heterocycles. The number of hydrogen-bond acceptors (Lipinski definition) is 2. The van der Waals surface area contributed by atoms with Crippen molar-refractivity contribution in [2.24, 2.45) is 0 Å².